The van der Waals surface area contributed by atoms with Crippen LogP contribution in [-0.2, 0) is 6.54 Å². The average molecular weight is 241 g/mol. The third-order valence-corrected chi connectivity index (χ3v) is 2.79. The molecule has 0 saturated carbocycles. The maximum absolute atomic E-state index is 12.1. The Hall–Kier alpha value is -1.45. The van der Waals surface area contributed by atoms with Crippen LogP contribution in [0, 0.1) is 6.92 Å². The first-order chi connectivity index (χ1) is 7.96. The summed E-state index contributed by atoms with van der Waals surface area (Å²) in [5.41, 5.74) is 2.13. The fourth-order valence-corrected chi connectivity index (χ4v) is 1.94. The summed E-state index contributed by atoms with van der Waals surface area (Å²) in [5, 5.41) is 1.07. The van der Waals surface area contributed by atoms with Crippen LogP contribution in [0.15, 0.2) is 30.5 Å². The zero-order chi connectivity index (χ0) is 12.5. The van der Waals surface area contributed by atoms with Crippen molar-refractivity contribution in [3.05, 3.63) is 36.0 Å². The molecule has 92 valence electrons. The molecule has 1 aromatic carbocycles. The lowest BCUT2D eigenvalue weighted by Crippen LogP contribution is -2.08. The molecular weight excluding hydrogens is 227 g/mol. The van der Waals surface area contributed by atoms with Crippen LogP contribution in [0.3, 0.4) is 0 Å². The van der Waals surface area contributed by atoms with Gasteiger partial charge in [-0.1, -0.05) is 12.1 Å². The van der Waals surface area contributed by atoms with Gasteiger partial charge in [-0.3, -0.25) is 0 Å². The normalized spacial score (nSPS) is 12.2. The molecule has 4 heteroatoms. The van der Waals surface area contributed by atoms with E-state index in [4.69, 9.17) is 0 Å². The Morgan fingerprint density at radius 1 is 1.18 bits per heavy atom. The van der Waals surface area contributed by atoms with E-state index in [1.807, 2.05) is 42.0 Å². The minimum absolute atomic E-state index is 0.126. The molecule has 0 amide bonds. The van der Waals surface area contributed by atoms with Crippen molar-refractivity contribution in [2.45, 2.75) is 32.5 Å². The number of aryl methyl sites for hydroxylation is 2. The second-order valence-electron chi connectivity index (χ2n) is 4.29. The molecule has 1 heterocycles. The van der Waals surface area contributed by atoms with Gasteiger partial charge in [-0.25, -0.2) is 0 Å². The lowest BCUT2D eigenvalue weighted by atomic mass is 10.2. The fourth-order valence-electron chi connectivity index (χ4n) is 1.94. The monoisotopic (exact) mass is 241 g/mol. The average Bonchev–Trinajstić information content (AvgIpc) is 2.59. The number of halogens is 3. The van der Waals surface area contributed by atoms with Gasteiger partial charge in [-0.15, -0.1) is 0 Å². The van der Waals surface area contributed by atoms with E-state index in [9.17, 15) is 13.2 Å². The minimum Gasteiger partial charge on any atom is -0.347 e. The molecule has 0 N–H and O–H groups in total. The number of alkyl halides is 3. The molecule has 0 aliphatic heterocycles. The van der Waals surface area contributed by atoms with Crippen molar-refractivity contribution < 1.29 is 13.2 Å². The summed E-state index contributed by atoms with van der Waals surface area (Å²) in [4.78, 5) is 0. The van der Waals surface area contributed by atoms with Crippen LogP contribution in [0.5, 0.6) is 0 Å². The topological polar surface area (TPSA) is 4.93 Å². The summed E-state index contributed by atoms with van der Waals surface area (Å²) in [6.07, 6.45) is -2.81. The Labute approximate surface area is 97.9 Å². The first kappa shape index (κ1) is 12.0. The SMILES string of the molecule is Cc1ccc2ccn(CCCC(F)(F)F)c2c1. The molecule has 0 unspecified atom stereocenters. The first-order valence-corrected chi connectivity index (χ1v) is 5.58. The van der Waals surface area contributed by atoms with Gasteiger partial charge in [0.1, 0.15) is 0 Å². The molecule has 0 aliphatic rings. The second kappa shape index (κ2) is 4.43. The van der Waals surface area contributed by atoms with E-state index in [0.29, 0.717) is 6.54 Å². The minimum atomic E-state index is -4.06. The Balaban J connectivity index is 2.11. The Bertz CT molecular complexity index is 511. The van der Waals surface area contributed by atoms with Gasteiger partial charge in [0, 0.05) is 24.7 Å². The van der Waals surface area contributed by atoms with Crippen LogP contribution in [0.25, 0.3) is 10.9 Å². The van der Waals surface area contributed by atoms with Gasteiger partial charge in [-0.2, -0.15) is 13.2 Å². The molecular formula is C13H14F3N. The number of aromatic nitrogens is 1. The predicted octanol–water partition coefficient (Wildman–Crippen LogP) is 4.29. The van der Waals surface area contributed by atoms with Gasteiger partial charge < -0.3 is 4.57 Å². The van der Waals surface area contributed by atoms with Crippen molar-refractivity contribution in [1.29, 1.82) is 0 Å². The van der Waals surface area contributed by atoms with Gasteiger partial charge in [0.25, 0.3) is 0 Å². The van der Waals surface area contributed by atoms with Crippen molar-refractivity contribution in [3.63, 3.8) is 0 Å². The molecule has 0 atom stereocenters. The molecule has 0 bridgehead atoms. The molecule has 1 aromatic heterocycles. The molecule has 1 nitrogen and oxygen atoms in total. The van der Waals surface area contributed by atoms with E-state index >= 15 is 0 Å². The summed E-state index contributed by atoms with van der Waals surface area (Å²) >= 11 is 0. The number of rotatable bonds is 3. The molecule has 17 heavy (non-hydrogen) atoms. The highest BCUT2D eigenvalue weighted by Gasteiger charge is 2.26. The van der Waals surface area contributed by atoms with Crippen molar-refractivity contribution in [2.24, 2.45) is 0 Å². The van der Waals surface area contributed by atoms with E-state index in [1.54, 1.807) is 0 Å². The summed E-state index contributed by atoms with van der Waals surface area (Å²) in [6, 6.07) is 7.93. The van der Waals surface area contributed by atoms with E-state index < -0.39 is 12.6 Å². The largest absolute Gasteiger partial charge is 0.389 e. The maximum atomic E-state index is 12.1. The van der Waals surface area contributed by atoms with Gasteiger partial charge in [-0.05, 0) is 36.4 Å². The second-order valence-corrected chi connectivity index (χ2v) is 4.29. The lowest BCUT2D eigenvalue weighted by Gasteiger charge is -2.08. The molecule has 2 rings (SSSR count). The zero-order valence-electron chi connectivity index (χ0n) is 9.59. The summed E-state index contributed by atoms with van der Waals surface area (Å²) < 4.78 is 38.0. The number of hydrogen-bond donors (Lipinski definition) is 0. The number of fused-ring (bicyclic) bond motifs is 1. The van der Waals surface area contributed by atoms with E-state index in [2.05, 4.69) is 0 Å². The fraction of sp³-hybridized carbons (Fsp3) is 0.385. The third kappa shape index (κ3) is 3.02. The predicted molar refractivity (Wildman–Crippen MR) is 62.0 cm³/mol. The van der Waals surface area contributed by atoms with Crippen LogP contribution >= 0.6 is 0 Å². The van der Waals surface area contributed by atoms with Crippen molar-refractivity contribution >= 4 is 10.9 Å². The highest BCUT2D eigenvalue weighted by Crippen LogP contribution is 2.23. The van der Waals surface area contributed by atoms with E-state index in [1.165, 1.54) is 0 Å². The summed E-state index contributed by atoms with van der Waals surface area (Å²) in [5.74, 6) is 0. The summed E-state index contributed by atoms with van der Waals surface area (Å²) in [6.45, 7) is 2.39. The molecule has 0 radical (unpaired) electrons. The third-order valence-electron chi connectivity index (χ3n) is 2.79. The molecule has 0 saturated heterocycles. The molecule has 0 spiro atoms. The molecule has 0 fully saturated rings. The van der Waals surface area contributed by atoms with Gasteiger partial charge >= 0.3 is 6.18 Å². The van der Waals surface area contributed by atoms with Crippen molar-refractivity contribution in [3.8, 4) is 0 Å². The van der Waals surface area contributed by atoms with Gasteiger partial charge in [0.2, 0.25) is 0 Å². The van der Waals surface area contributed by atoms with Crippen LogP contribution in [-0.4, -0.2) is 10.7 Å². The van der Waals surface area contributed by atoms with E-state index in [-0.39, 0.29) is 6.42 Å². The highest BCUT2D eigenvalue weighted by atomic mass is 19.4. The zero-order valence-corrected chi connectivity index (χ0v) is 9.59. The van der Waals surface area contributed by atoms with Crippen LogP contribution < -0.4 is 0 Å². The lowest BCUT2D eigenvalue weighted by molar-refractivity contribution is -0.135. The van der Waals surface area contributed by atoms with E-state index in [0.717, 1.165) is 16.5 Å². The highest BCUT2D eigenvalue weighted by molar-refractivity contribution is 5.80. The Morgan fingerprint density at radius 2 is 1.94 bits per heavy atom. The van der Waals surface area contributed by atoms with Crippen LogP contribution in [0.2, 0.25) is 0 Å². The standard InChI is InChI=1S/C13H14F3N/c1-10-3-4-11-5-8-17(12(11)9-10)7-2-6-13(14,15)16/h3-5,8-9H,2,6-7H2,1H3. The maximum Gasteiger partial charge on any atom is 0.389 e. The summed E-state index contributed by atoms with van der Waals surface area (Å²) in [7, 11) is 0. The Kier molecular flexibility index (Phi) is 3.13. The molecule has 2 aromatic rings. The van der Waals surface area contributed by atoms with Crippen LogP contribution in [0.1, 0.15) is 18.4 Å². The van der Waals surface area contributed by atoms with Gasteiger partial charge in [0.15, 0.2) is 0 Å². The van der Waals surface area contributed by atoms with Crippen LogP contribution in [0.4, 0.5) is 13.2 Å². The van der Waals surface area contributed by atoms with Gasteiger partial charge in [0.05, 0.1) is 0 Å². The number of benzene rings is 1. The molecule has 0 aliphatic carbocycles. The van der Waals surface area contributed by atoms with Crippen molar-refractivity contribution in [1.82, 2.24) is 4.57 Å². The van der Waals surface area contributed by atoms with Crippen molar-refractivity contribution in [2.75, 3.05) is 0 Å². The smallest absolute Gasteiger partial charge is 0.347 e. The number of nitrogens with zero attached hydrogens (tertiary/aromatic N) is 1. The Morgan fingerprint density at radius 3 is 2.65 bits per heavy atom. The number of hydrogen-bond acceptors (Lipinski definition) is 0. The first-order valence-electron chi connectivity index (χ1n) is 5.58. The quantitative estimate of drug-likeness (QED) is 0.755.